The molecular formula is C5H6N2O3. The highest BCUT2D eigenvalue weighted by Gasteiger charge is 2.00. The maximum Gasteiger partial charge on any atom is 0.209 e. The van der Waals surface area contributed by atoms with E-state index in [1.165, 1.54) is 6.26 Å². The summed E-state index contributed by atoms with van der Waals surface area (Å²) in [6.07, 6.45) is 1.73. The van der Waals surface area contributed by atoms with Crippen LogP contribution in [0.5, 0.6) is 0 Å². The molecule has 1 heterocycles. The van der Waals surface area contributed by atoms with E-state index in [1.807, 2.05) is 0 Å². The van der Waals surface area contributed by atoms with Gasteiger partial charge in [-0.25, -0.2) is 0 Å². The Labute approximate surface area is 56.8 Å². The summed E-state index contributed by atoms with van der Waals surface area (Å²) >= 11 is 0. The Morgan fingerprint density at radius 2 is 2.60 bits per heavy atom. The number of hydrogen-bond donors (Lipinski definition) is 0. The van der Waals surface area contributed by atoms with Gasteiger partial charge in [-0.2, -0.15) is 0 Å². The summed E-state index contributed by atoms with van der Waals surface area (Å²) in [7, 11) is 0. The fourth-order valence-corrected chi connectivity index (χ4v) is 0.572. The van der Waals surface area contributed by atoms with Gasteiger partial charge in [0.2, 0.25) is 6.54 Å². The highest BCUT2D eigenvalue weighted by molar-refractivity contribution is 4.94. The van der Waals surface area contributed by atoms with Crippen molar-refractivity contribution in [2.24, 2.45) is 0 Å². The summed E-state index contributed by atoms with van der Waals surface area (Å²) in [5, 5.41) is 13.4. The molecule has 0 aliphatic heterocycles. The summed E-state index contributed by atoms with van der Waals surface area (Å²) < 4.78 is 4.47. The molecule has 1 rings (SSSR count). The first-order valence-electron chi connectivity index (χ1n) is 2.80. The zero-order chi connectivity index (χ0) is 7.40. The van der Waals surface area contributed by atoms with Crippen molar-refractivity contribution in [1.29, 1.82) is 0 Å². The second-order valence-electron chi connectivity index (χ2n) is 1.80. The lowest BCUT2D eigenvalue weighted by Gasteiger charge is -1.86. The highest BCUT2D eigenvalue weighted by atomic mass is 16.6. The molecule has 0 aliphatic rings. The molecule has 5 nitrogen and oxygen atoms in total. The number of nitrogens with zero attached hydrogens (tertiary/aromatic N) is 2. The zero-order valence-corrected chi connectivity index (χ0v) is 5.19. The first-order valence-corrected chi connectivity index (χ1v) is 2.80. The SMILES string of the molecule is O=[N+]([O-])CCc1ccon1. The van der Waals surface area contributed by atoms with E-state index in [-0.39, 0.29) is 11.5 Å². The van der Waals surface area contributed by atoms with Crippen molar-refractivity contribution in [2.75, 3.05) is 6.54 Å². The van der Waals surface area contributed by atoms with E-state index >= 15 is 0 Å². The lowest BCUT2D eigenvalue weighted by atomic mass is 10.3. The van der Waals surface area contributed by atoms with Crippen molar-refractivity contribution in [3.8, 4) is 0 Å². The minimum absolute atomic E-state index is 0.0907. The molecule has 0 radical (unpaired) electrons. The molecule has 0 aliphatic carbocycles. The van der Waals surface area contributed by atoms with Gasteiger partial charge in [0.05, 0.1) is 12.1 Å². The van der Waals surface area contributed by atoms with Gasteiger partial charge in [-0.1, -0.05) is 5.16 Å². The average molecular weight is 142 g/mol. The van der Waals surface area contributed by atoms with Crippen LogP contribution in [-0.4, -0.2) is 16.6 Å². The second-order valence-corrected chi connectivity index (χ2v) is 1.80. The molecule has 0 atom stereocenters. The molecule has 0 amide bonds. The second kappa shape index (κ2) is 2.95. The monoisotopic (exact) mass is 142 g/mol. The fourth-order valence-electron chi connectivity index (χ4n) is 0.572. The van der Waals surface area contributed by atoms with Crippen molar-refractivity contribution < 1.29 is 9.45 Å². The Morgan fingerprint density at radius 1 is 1.80 bits per heavy atom. The van der Waals surface area contributed by atoms with Gasteiger partial charge in [-0.3, -0.25) is 10.1 Å². The van der Waals surface area contributed by atoms with E-state index in [4.69, 9.17) is 0 Å². The predicted molar refractivity (Wildman–Crippen MR) is 32.1 cm³/mol. The summed E-state index contributed by atoms with van der Waals surface area (Å²) in [6, 6.07) is 1.61. The van der Waals surface area contributed by atoms with Crippen molar-refractivity contribution in [1.82, 2.24) is 5.16 Å². The summed E-state index contributed by atoms with van der Waals surface area (Å²) in [5.41, 5.74) is 0.622. The largest absolute Gasteiger partial charge is 0.365 e. The molecule has 54 valence electrons. The third-order valence-corrected chi connectivity index (χ3v) is 1.04. The summed E-state index contributed by atoms with van der Waals surface area (Å²) in [4.78, 5) is 9.46. The maximum atomic E-state index is 9.84. The standard InChI is InChI=1S/C5H6N2O3/c8-7(9)3-1-5-2-4-10-6-5/h2,4H,1,3H2. The van der Waals surface area contributed by atoms with Gasteiger partial charge in [0, 0.05) is 11.0 Å². The van der Waals surface area contributed by atoms with Gasteiger partial charge in [-0.15, -0.1) is 0 Å². The Morgan fingerprint density at radius 3 is 3.10 bits per heavy atom. The first kappa shape index (κ1) is 6.73. The Hall–Kier alpha value is -1.39. The van der Waals surface area contributed by atoms with Crippen LogP contribution in [0.15, 0.2) is 16.9 Å². The van der Waals surface area contributed by atoms with Gasteiger partial charge in [0.15, 0.2) is 0 Å². The average Bonchev–Trinajstić information content (AvgIpc) is 2.34. The Kier molecular flexibility index (Phi) is 1.99. The van der Waals surface area contributed by atoms with Crippen molar-refractivity contribution in [2.45, 2.75) is 6.42 Å². The first-order chi connectivity index (χ1) is 4.79. The summed E-state index contributed by atoms with van der Waals surface area (Å²) in [5.74, 6) is 0. The van der Waals surface area contributed by atoms with Crippen LogP contribution in [0.4, 0.5) is 0 Å². The van der Waals surface area contributed by atoms with E-state index in [2.05, 4.69) is 9.68 Å². The van der Waals surface area contributed by atoms with Crippen molar-refractivity contribution in [3.63, 3.8) is 0 Å². The molecule has 0 saturated carbocycles. The number of rotatable bonds is 3. The molecule has 0 saturated heterocycles. The lowest BCUT2D eigenvalue weighted by molar-refractivity contribution is -0.479. The van der Waals surface area contributed by atoms with Crippen LogP contribution in [0.3, 0.4) is 0 Å². The van der Waals surface area contributed by atoms with E-state index < -0.39 is 0 Å². The van der Waals surface area contributed by atoms with Crippen LogP contribution in [0.25, 0.3) is 0 Å². The lowest BCUT2D eigenvalue weighted by Crippen LogP contribution is -2.03. The van der Waals surface area contributed by atoms with Gasteiger partial charge >= 0.3 is 0 Å². The topological polar surface area (TPSA) is 69.2 Å². The molecule has 0 spiro atoms. The van der Waals surface area contributed by atoms with Crippen LogP contribution >= 0.6 is 0 Å². The van der Waals surface area contributed by atoms with E-state index in [1.54, 1.807) is 6.07 Å². The molecule has 10 heavy (non-hydrogen) atoms. The minimum atomic E-state index is -0.380. The third-order valence-electron chi connectivity index (χ3n) is 1.04. The molecule has 1 aromatic rings. The number of nitro groups is 1. The predicted octanol–water partition coefficient (Wildman–Crippen LogP) is 0.494. The minimum Gasteiger partial charge on any atom is -0.365 e. The van der Waals surface area contributed by atoms with Gasteiger partial charge < -0.3 is 4.52 Å². The fraction of sp³-hybridized carbons (Fsp3) is 0.400. The molecule has 0 unspecified atom stereocenters. The van der Waals surface area contributed by atoms with Crippen LogP contribution in [0.1, 0.15) is 5.69 Å². The third kappa shape index (κ3) is 1.85. The number of aromatic nitrogens is 1. The van der Waals surface area contributed by atoms with Gasteiger partial charge in [-0.05, 0) is 0 Å². The Balaban J connectivity index is 2.35. The Bertz CT molecular complexity index is 207. The maximum absolute atomic E-state index is 9.84. The highest BCUT2D eigenvalue weighted by Crippen LogP contribution is 1.94. The molecular weight excluding hydrogens is 136 g/mol. The van der Waals surface area contributed by atoms with Crippen molar-refractivity contribution in [3.05, 3.63) is 28.1 Å². The van der Waals surface area contributed by atoms with Crippen LogP contribution < -0.4 is 0 Å². The normalized spacial score (nSPS) is 9.60. The molecule has 0 fully saturated rings. The van der Waals surface area contributed by atoms with Crippen molar-refractivity contribution >= 4 is 0 Å². The molecule has 0 bridgehead atoms. The molecule has 0 aromatic carbocycles. The van der Waals surface area contributed by atoms with E-state index in [0.717, 1.165) is 0 Å². The number of hydrogen-bond acceptors (Lipinski definition) is 4. The van der Waals surface area contributed by atoms with Crippen LogP contribution in [0.2, 0.25) is 0 Å². The van der Waals surface area contributed by atoms with Gasteiger partial charge in [0.1, 0.15) is 6.26 Å². The zero-order valence-electron chi connectivity index (χ0n) is 5.19. The van der Waals surface area contributed by atoms with E-state index in [0.29, 0.717) is 12.1 Å². The van der Waals surface area contributed by atoms with E-state index in [9.17, 15) is 10.1 Å². The van der Waals surface area contributed by atoms with Crippen LogP contribution in [0, 0.1) is 10.1 Å². The molecule has 1 aromatic heterocycles. The summed E-state index contributed by atoms with van der Waals surface area (Å²) in [6.45, 7) is -0.0907. The van der Waals surface area contributed by atoms with Gasteiger partial charge in [0.25, 0.3) is 0 Å². The van der Waals surface area contributed by atoms with Crippen LogP contribution in [-0.2, 0) is 6.42 Å². The smallest absolute Gasteiger partial charge is 0.209 e. The quantitative estimate of drug-likeness (QED) is 0.455. The molecule has 0 N–H and O–H groups in total. The molecule has 5 heteroatoms.